The molecule has 31 heavy (non-hydrogen) atoms. The van der Waals surface area contributed by atoms with E-state index in [4.69, 9.17) is 4.74 Å². The van der Waals surface area contributed by atoms with Gasteiger partial charge >= 0.3 is 0 Å². The van der Waals surface area contributed by atoms with E-state index in [2.05, 4.69) is 15.6 Å². The van der Waals surface area contributed by atoms with Gasteiger partial charge in [0.05, 0.1) is 16.8 Å². The van der Waals surface area contributed by atoms with E-state index >= 15 is 0 Å². The molecule has 3 aromatic carbocycles. The van der Waals surface area contributed by atoms with E-state index in [0.29, 0.717) is 28.4 Å². The van der Waals surface area contributed by atoms with Crippen molar-refractivity contribution in [2.24, 2.45) is 0 Å². The van der Waals surface area contributed by atoms with Gasteiger partial charge in [-0.3, -0.25) is 14.6 Å². The molecule has 0 radical (unpaired) electrons. The van der Waals surface area contributed by atoms with Crippen LogP contribution in [0.5, 0.6) is 5.75 Å². The highest BCUT2D eigenvalue weighted by Gasteiger charge is 2.12. The Morgan fingerprint density at radius 2 is 1.58 bits per heavy atom. The zero-order valence-electron chi connectivity index (χ0n) is 17.0. The number of aromatic nitrogens is 1. The van der Waals surface area contributed by atoms with Crippen LogP contribution in [0.3, 0.4) is 0 Å². The third-order valence-electron chi connectivity index (χ3n) is 4.68. The van der Waals surface area contributed by atoms with Crippen molar-refractivity contribution in [1.82, 2.24) is 4.98 Å². The van der Waals surface area contributed by atoms with E-state index in [1.807, 2.05) is 55.5 Å². The number of anilines is 2. The summed E-state index contributed by atoms with van der Waals surface area (Å²) in [5.74, 6) is -0.0393. The molecule has 0 bridgehead atoms. The van der Waals surface area contributed by atoms with Gasteiger partial charge in [0, 0.05) is 22.8 Å². The number of benzene rings is 3. The predicted octanol–water partition coefficient (Wildman–Crippen LogP) is 4.81. The zero-order chi connectivity index (χ0) is 21.6. The topological polar surface area (TPSA) is 80.3 Å². The molecule has 0 fully saturated rings. The van der Waals surface area contributed by atoms with Crippen LogP contribution in [-0.2, 0) is 4.79 Å². The molecule has 4 aromatic rings. The summed E-state index contributed by atoms with van der Waals surface area (Å²) in [5.41, 5.74) is 3.28. The number of carbonyl (C=O) groups excluding carboxylic acids is 2. The number of hydrogen-bond donors (Lipinski definition) is 2. The standard InChI is InChI=1S/C25H21N3O3/c1-17-22(14-18-8-5-6-13-23(18)26-17)25(30)28-20-11-7-12-21(15-20)31-16-24(29)27-19-9-3-2-4-10-19/h2-15H,16H2,1H3,(H,27,29)(H,28,30). The average molecular weight is 411 g/mol. The summed E-state index contributed by atoms with van der Waals surface area (Å²) < 4.78 is 5.57. The molecule has 0 atom stereocenters. The Bertz CT molecular complexity index is 1240. The molecule has 6 nitrogen and oxygen atoms in total. The molecule has 1 aromatic heterocycles. The summed E-state index contributed by atoms with van der Waals surface area (Å²) >= 11 is 0. The van der Waals surface area contributed by atoms with Crippen molar-refractivity contribution in [3.8, 4) is 5.75 Å². The van der Waals surface area contributed by atoms with Gasteiger partial charge in [0.2, 0.25) is 0 Å². The second kappa shape index (κ2) is 9.09. The number of para-hydroxylation sites is 2. The van der Waals surface area contributed by atoms with E-state index in [1.54, 1.807) is 36.4 Å². The van der Waals surface area contributed by atoms with Crippen molar-refractivity contribution in [2.45, 2.75) is 6.92 Å². The minimum Gasteiger partial charge on any atom is -0.484 e. The van der Waals surface area contributed by atoms with Gasteiger partial charge in [-0.25, -0.2) is 0 Å². The van der Waals surface area contributed by atoms with Gasteiger partial charge in [-0.1, -0.05) is 42.5 Å². The van der Waals surface area contributed by atoms with Crippen LogP contribution in [0.1, 0.15) is 16.1 Å². The third kappa shape index (κ3) is 5.05. The van der Waals surface area contributed by atoms with Crippen molar-refractivity contribution in [3.63, 3.8) is 0 Å². The first-order valence-corrected chi connectivity index (χ1v) is 9.84. The van der Waals surface area contributed by atoms with Gasteiger partial charge in [-0.05, 0) is 43.3 Å². The Morgan fingerprint density at radius 1 is 0.839 bits per heavy atom. The number of hydrogen-bond acceptors (Lipinski definition) is 4. The van der Waals surface area contributed by atoms with Crippen molar-refractivity contribution >= 4 is 34.1 Å². The van der Waals surface area contributed by atoms with Gasteiger partial charge in [0.1, 0.15) is 5.75 Å². The summed E-state index contributed by atoms with van der Waals surface area (Å²) in [7, 11) is 0. The van der Waals surface area contributed by atoms with Crippen molar-refractivity contribution in [3.05, 3.63) is 96.2 Å². The first-order valence-electron chi connectivity index (χ1n) is 9.84. The van der Waals surface area contributed by atoms with E-state index in [9.17, 15) is 9.59 Å². The molecule has 0 aliphatic carbocycles. The SMILES string of the molecule is Cc1nc2ccccc2cc1C(=O)Nc1cccc(OCC(=O)Nc2ccccc2)c1. The lowest BCUT2D eigenvalue weighted by molar-refractivity contribution is -0.118. The van der Waals surface area contributed by atoms with Crippen LogP contribution in [-0.4, -0.2) is 23.4 Å². The molecule has 1 heterocycles. The highest BCUT2D eigenvalue weighted by molar-refractivity contribution is 6.06. The highest BCUT2D eigenvalue weighted by atomic mass is 16.5. The van der Waals surface area contributed by atoms with Gasteiger partial charge in [0.15, 0.2) is 6.61 Å². The summed E-state index contributed by atoms with van der Waals surface area (Å²) in [6, 6.07) is 25.6. The average Bonchev–Trinajstić information content (AvgIpc) is 2.78. The molecule has 2 N–H and O–H groups in total. The maximum absolute atomic E-state index is 12.8. The fourth-order valence-electron chi connectivity index (χ4n) is 3.17. The first-order chi connectivity index (χ1) is 15.1. The molecule has 6 heteroatoms. The van der Waals surface area contributed by atoms with Crippen LogP contribution in [0.15, 0.2) is 84.9 Å². The number of carbonyl (C=O) groups is 2. The van der Waals surface area contributed by atoms with Gasteiger partial charge in [0.25, 0.3) is 11.8 Å². The van der Waals surface area contributed by atoms with Gasteiger partial charge < -0.3 is 15.4 Å². The second-order valence-corrected chi connectivity index (χ2v) is 7.00. The van der Waals surface area contributed by atoms with Crippen molar-refractivity contribution in [1.29, 1.82) is 0 Å². The van der Waals surface area contributed by atoms with Crippen LogP contribution in [0.4, 0.5) is 11.4 Å². The monoisotopic (exact) mass is 411 g/mol. The summed E-state index contributed by atoms with van der Waals surface area (Å²) in [5, 5.41) is 6.54. The third-order valence-corrected chi connectivity index (χ3v) is 4.68. The lowest BCUT2D eigenvalue weighted by Gasteiger charge is -2.11. The Hall–Kier alpha value is -4.19. The Morgan fingerprint density at radius 3 is 2.42 bits per heavy atom. The number of pyridine rings is 1. The zero-order valence-corrected chi connectivity index (χ0v) is 17.0. The molecule has 0 saturated carbocycles. The fraction of sp³-hybridized carbons (Fsp3) is 0.0800. The Labute approximate surface area is 179 Å². The van der Waals surface area contributed by atoms with E-state index in [0.717, 1.165) is 10.9 Å². The molecule has 0 saturated heterocycles. The maximum atomic E-state index is 12.8. The van der Waals surface area contributed by atoms with Crippen LogP contribution in [0.25, 0.3) is 10.9 Å². The van der Waals surface area contributed by atoms with Crippen molar-refractivity contribution < 1.29 is 14.3 Å². The van der Waals surface area contributed by atoms with Crippen LogP contribution in [0.2, 0.25) is 0 Å². The quantitative estimate of drug-likeness (QED) is 0.477. The molecule has 4 rings (SSSR count). The van der Waals surface area contributed by atoms with Crippen LogP contribution in [0, 0.1) is 6.92 Å². The van der Waals surface area contributed by atoms with Crippen LogP contribution >= 0.6 is 0 Å². The molecular formula is C25H21N3O3. The highest BCUT2D eigenvalue weighted by Crippen LogP contribution is 2.21. The number of nitrogens with zero attached hydrogens (tertiary/aromatic N) is 1. The van der Waals surface area contributed by atoms with Crippen LogP contribution < -0.4 is 15.4 Å². The summed E-state index contributed by atoms with van der Waals surface area (Å²) in [6.45, 7) is 1.67. The first kappa shape index (κ1) is 20.1. The minimum atomic E-state index is -0.265. The number of rotatable bonds is 6. The number of nitrogens with one attached hydrogen (secondary N) is 2. The molecule has 0 aliphatic rings. The minimum absolute atomic E-state index is 0.139. The molecule has 154 valence electrons. The number of fused-ring (bicyclic) bond motifs is 1. The maximum Gasteiger partial charge on any atom is 0.262 e. The number of ether oxygens (including phenoxy) is 1. The second-order valence-electron chi connectivity index (χ2n) is 7.00. The number of amides is 2. The van der Waals surface area contributed by atoms with E-state index in [1.165, 1.54) is 0 Å². The molecule has 0 spiro atoms. The van der Waals surface area contributed by atoms with E-state index < -0.39 is 0 Å². The Balaban J connectivity index is 1.41. The van der Waals surface area contributed by atoms with Crippen molar-refractivity contribution in [2.75, 3.05) is 17.2 Å². The smallest absolute Gasteiger partial charge is 0.262 e. The summed E-state index contributed by atoms with van der Waals surface area (Å²) in [4.78, 5) is 29.4. The lowest BCUT2D eigenvalue weighted by Crippen LogP contribution is -2.20. The number of aryl methyl sites for hydroxylation is 1. The van der Waals surface area contributed by atoms with E-state index in [-0.39, 0.29) is 18.4 Å². The molecule has 2 amide bonds. The van der Waals surface area contributed by atoms with Gasteiger partial charge in [-0.2, -0.15) is 0 Å². The normalized spacial score (nSPS) is 10.5. The molecule has 0 aliphatic heterocycles. The molecular weight excluding hydrogens is 390 g/mol. The summed E-state index contributed by atoms with van der Waals surface area (Å²) in [6.07, 6.45) is 0. The predicted molar refractivity (Wildman–Crippen MR) is 121 cm³/mol. The Kier molecular flexibility index (Phi) is 5.89. The lowest BCUT2D eigenvalue weighted by atomic mass is 10.1. The largest absolute Gasteiger partial charge is 0.484 e. The van der Waals surface area contributed by atoms with Gasteiger partial charge in [-0.15, -0.1) is 0 Å². The fourth-order valence-corrected chi connectivity index (χ4v) is 3.17. The molecule has 0 unspecified atom stereocenters.